The van der Waals surface area contributed by atoms with Crippen LogP contribution in [0.5, 0.6) is 0 Å². The SMILES string of the molecule is C[C@]1(C(=O)NC2CCCCCCC2)Cn2c(ccc2-c2ccccc2)C(=O)N1CCN1CCOCC1. The molecule has 1 saturated heterocycles. The third kappa shape index (κ3) is 5.23. The van der Waals surface area contributed by atoms with Gasteiger partial charge < -0.3 is 19.5 Å². The summed E-state index contributed by atoms with van der Waals surface area (Å²) in [5, 5.41) is 3.39. The fraction of sp³-hybridized carbons (Fsp3) is 0.586. The summed E-state index contributed by atoms with van der Waals surface area (Å²) in [5.41, 5.74) is 1.74. The van der Waals surface area contributed by atoms with Gasteiger partial charge >= 0.3 is 0 Å². The van der Waals surface area contributed by atoms with Crippen molar-refractivity contribution in [2.45, 2.75) is 70.0 Å². The van der Waals surface area contributed by atoms with E-state index in [0.717, 1.165) is 69.8 Å². The molecule has 1 atom stereocenters. The minimum atomic E-state index is -0.957. The number of ether oxygens (including phenoxy) is 1. The van der Waals surface area contributed by atoms with E-state index in [1.165, 1.54) is 19.3 Å². The average molecular weight is 493 g/mol. The van der Waals surface area contributed by atoms with Gasteiger partial charge in [0, 0.05) is 37.9 Å². The highest BCUT2D eigenvalue weighted by molar-refractivity contribution is 6.00. The molecular formula is C29H40N4O3. The first-order valence-corrected chi connectivity index (χ1v) is 13.7. The zero-order chi connectivity index (χ0) is 25.0. The van der Waals surface area contributed by atoms with E-state index in [1.807, 2.05) is 42.2 Å². The zero-order valence-corrected chi connectivity index (χ0v) is 21.6. The molecule has 1 saturated carbocycles. The van der Waals surface area contributed by atoms with Gasteiger partial charge in [0.15, 0.2) is 0 Å². The monoisotopic (exact) mass is 492 g/mol. The number of fused-ring (bicyclic) bond motifs is 1. The van der Waals surface area contributed by atoms with Crippen LogP contribution in [-0.2, 0) is 16.1 Å². The summed E-state index contributed by atoms with van der Waals surface area (Å²) in [5.74, 6) is -0.0891. The van der Waals surface area contributed by atoms with Crippen molar-refractivity contribution in [2.75, 3.05) is 39.4 Å². The fourth-order valence-corrected chi connectivity index (χ4v) is 5.99. The average Bonchev–Trinajstić information content (AvgIpc) is 3.30. The van der Waals surface area contributed by atoms with Crippen LogP contribution in [0.15, 0.2) is 42.5 Å². The van der Waals surface area contributed by atoms with Gasteiger partial charge in [0.2, 0.25) is 5.91 Å². The standard InChI is InChI=1S/C29H40N4O3/c1-29(28(35)30-24-12-8-3-2-4-9-13-24)22-32-25(23-10-6-5-7-11-23)14-15-26(32)27(34)33(29)17-16-31-18-20-36-21-19-31/h5-7,10-11,14-15,24H,2-4,8-9,12-13,16-22H2,1H3,(H,30,35)/t29-/m1/s1. The Morgan fingerprint density at radius 3 is 2.33 bits per heavy atom. The predicted molar refractivity (Wildman–Crippen MR) is 141 cm³/mol. The van der Waals surface area contributed by atoms with Crippen molar-refractivity contribution in [1.29, 1.82) is 0 Å². The maximum Gasteiger partial charge on any atom is 0.271 e. The number of morpholine rings is 1. The van der Waals surface area contributed by atoms with Crippen LogP contribution in [0, 0.1) is 0 Å². The molecule has 1 aromatic heterocycles. The van der Waals surface area contributed by atoms with Crippen molar-refractivity contribution < 1.29 is 14.3 Å². The van der Waals surface area contributed by atoms with Crippen LogP contribution >= 0.6 is 0 Å². The van der Waals surface area contributed by atoms with Crippen molar-refractivity contribution in [2.24, 2.45) is 0 Å². The molecule has 1 aliphatic carbocycles. The lowest BCUT2D eigenvalue weighted by Gasteiger charge is -2.45. The topological polar surface area (TPSA) is 66.8 Å². The molecular weight excluding hydrogens is 452 g/mol. The lowest BCUT2D eigenvalue weighted by atomic mass is 9.92. The normalized spacial score (nSPS) is 24.1. The van der Waals surface area contributed by atoms with E-state index in [9.17, 15) is 9.59 Å². The van der Waals surface area contributed by atoms with Gasteiger partial charge in [-0.05, 0) is 37.5 Å². The molecule has 1 aromatic carbocycles. The smallest absolute Gasteiger partial charge is 0.271 e. The Kier molecular flexibility index (Phi) is 7.77. The maximum absolute atomic E-state index is 14.0. The number of nitrogens with zero attached hydrogens (tertiary/aromatic N) is 3. The zero-order valence-electron chi connectivity index (χ0n) is 21.6. The Balaban J connectivity index is 1.43. The number of carbonyl (C=O) groups excluding carboxylic acids is 2. The minimum absolute atomic E-state index is 0.0261. The Hall–Kier alpha value is -2.64. The first-order chi connectivity index (χ1) is 17.6. The lowest BCUT2D eigenvalue weighted by Crippen LogP contribution is -2.66. The third-order valence-corrected chi connectivity index (χ3v) is 8.25. The van der Waals surface area contributed by atoms with Gasteiger partial charge in [-0.15, -0.1) is 0 Å². The molecule has 0 radical (unpaired) electrons. The van der Waals surface area contributed by atoms with Crippen molar-refractivity contribution in [1.82, 2.24) is 19.7 Å². The minimum Gasteiger partial charge on any atom is -0.379 e. The third-order valence-electron chi connectivity index (χ3n) is 8.25. The van der Waals surface area contributed by atoms with E-state index < -0.39 is 5.54 Å². The number of hydrogen-bond donors (Lipinski definition) is 1. The molecule has 5 rings (SSSR count). The quantitative estimate of drug-likeness (QED) is 0.664. The highest BCUT2D eigenvalue weighted by Crippen LogP contribution is 2.33. The molecule has 2 aromatic rings. The summed E-state index contributed by atoms with van der Waals surface area (Å²) in [6.07, 6.45) is 8.12. The van der Waals surface area contributed by atoms with Crippen LogP contribution in [0.2, 0.25) is 0 Å². The van der Waals surface area contributed by atoms with Gasteiger partial charge in [-0.25, -0.2) is 0 Å². The highest BCUT2D eigenvalue weighted by Gasteiger charge is 2.48. The lowest BCUT2D eigenvalue weighted by molar-refractivity contribution is -0.134. The Morgan fingerprint density at radius 2 is 1.61 bits per heavy atom. The van der Waals surface area contributed by atoms with Gasteiger partial charge in [0.25, 0.3) is 5.91 Å². The molecule has 2 amide bonds. The molecule has 3 heterocycles. The number of amides is 2. The second-order valence-electron chi connectivity index (χ2n) is 10.8. The molecule has 0 unspecified atom stereocenters. The molecule has 3 aliphatic rings. The maximum atomic E-state index is 14.0. The van der Waals surface area contributed by atoms with Crippen LogP contribution in [-0.4, -0.2) is 77.2 Å². The Labute approximate surface area is 214 Å². The second kappa shape index (κ2) is 11.2. The largest absolute Gasteiger partial charge is 0.379 e. The highest BCUT2D eigenvalue weighted by atomic mass is 16.5. The van der Waals surface area contributed by atoms with Crippen LogP contribution in [0.3, 0.4) is 0 Å². The van der Waals surface area contributed by atoms with Gasteiger partial charge in [0.1, 0.15) is 11.2 Å². The van der Waals surface area contributed by atoms with Gasteiger partial charge in [-0.2, -0.15) is 0 Å². The number of hydrogen-bond acceptors (Lipinski definition) is 4. The number of nitrogens with one attached hydrogen (secondary N) is 1. The molecule has 194 valence electrons. The van der Waals surface area contributed by atoms with E-state index in [2.05, 4.69) is 26.9 Å². The summed E-state index contributed by atoms with van der Waals surface area (Å²) >= 11 is 0. The molecule has 0 spiro atoms. The first kappa shape index (κ1) is 25.0. The first-order valence-electron chi connectivity index (χ1n) is 13.7. The molecule has 0 bridgehead atoms. The van der Waals surface area contributed by atoms with Crippen molar-refractivity contribution in [3.63, 3.8) is 0 Å². The van der Waals surface area contributed by atoms with Crippen molar-refractivity contribution in [3.8, 4) is 11.3 Å². The van der Waals surface area contributed by atoms with Crippen LogP contribution < -0.4 is 5.32 Å². The molecule has 36 heavy (non-hydrogen) atoms. The van der Waals surface area contributed by atoms with Gasteiger partial charge in [0.05, 0.1) is 19.8 Å². The van der Waals surface area contributed by atoms with E-state index in [4.69, 9.17) is 4.74 Å². The van der Waals surface area contributed by atoms with Crippen molar-refractivity contribution >= 4 is 11.8 Å². The van der Waals surface area contributed by atoms with Crippen LogP contribution in [0.1, 0.15) is 62.4 Å². The van der Waals surface area contributed by atoms with Gasteiger partial charge in [-0.1, -0.05) is 62.4 Å². The van der Waals surface area contributed by atoms with Gasteiger partial charge in [-0.3, -0.25) is 14.5 Å². The summed E-state index contributed by atoms with van der Waals surface area (Å²) in [6, 6.07) is 14.2. The number of rotatable bonds is 6. The Bertz CT molecular complexity index is 1040. The fourth-order valence-electron chi connectivity index (χ4n) is 5.99. The number of carbonyl (C=O) groups is 2. The molecule has 2 aliphatic heterocycles. The summed E-state index contributed by atoms with van der Waals surface area (Å²) < 4.78 is 7.55. The summed E-state index contributed by atoms with van der Waals surface area (Å²) in [7, 11) is 0. The number of benzene rings is 1. The number of aromatic nitrogens is 1. The van der Waals surface area contributed by atoms with Crippen molar-refractivity contribution in [3.05, 3.63) is 48.2 Å². The summed E-state index contributed by atoms with van der Waals surface area (Å²) in [4.78, 5) is 32.1. The predicted octanol–water partition coefficient (Wildman–Crippen LogP) is 3.93. The van der Waals surface area contributed by atoms with E-state index in [1.54, 1.807) is 0 Å². The van der Waals surface area contributed by atoms with Crippen LogP contribution in [0.25, 0.3) is 11.3 Å². The van der Waals surface area contributed by atoms with E-state index >= 15 is 0 Å². The second-order valence-corrected chi connectivity index (χ2v) is 10.8. The van der Waals surface area contributed by atoms with E-state index in [0.29, 0.717) is 18.8 Å². The van der Waals surface area contributed by atoms with E-state index in [-0.39, 0.29) is 17.9 Å². The van der Waals surface area contributed by atoms with Crippen LogP contribution in [0.4, 0.5) is 0 Å². The molecule has 7 nitrogen and oxygen atoms in total. The summed E-state index contributed by atoms with van der Waals surface area (Å²) in [6.45, 7) is 6.84. The Morgan fingerprint density at radius 1 is 0.944 bits per heavy atom. The molecule has 2 fully saturated rings. The molecule has 7 heteroatoms. The molecule has 1 N–H and O–H groups in total.